The predicted molar refractivity (Wildman–Crippen MR) is 130 cm³/mol. The van der Waals surface area contributed by atoms with Crippen LogP contribution < -0.4 is 16.0 Å². The van der Waals surface area contributed by atoms with Crippen LogP contribution in [0, 0.1) is 11.8 Å². The first kappa shape index (κ1) is 26.8. The van der Waals surface area contributed by atoms with E-state index in [4.69, 9.17) is 9.84 Å². The molecule has 0 aromatic carbocycles. The number of ether oxygens (including phenoxy) is 1. The lowest BCUT2D eigenvalue weighted by atomic mass is 9.83. The maximum atomic E-state index is 12.6. The zero-order valence-electron chi connectivity index (χ0n) is 20.9. The summed E-state index contributed by atoms with van der Waals surface area (Å²) in [7, 11) is 0. The van der Waals surface area contributed by atoms with Gasteiger partial charge >= 0.3 is 12.0 Å². The topological polar surface area (TPSA) is 117 Å². The molecule has 4 N–H and O–H groups in total. The molecule has 0 aliphatic heterocycles. The summed E-state index contributed by atoms with van der Waals surface area (Å²) in [5.41, 5.74) is 0. The average molecular weight is 480 g/mol. The smallest absolute Gasteiger partial charge is 0.315 e. The minimum Gasteiger partial charge on any atom is -0.481 e. The lowest BCUT2D eigenvalue weighted by Gasteiger charge is -2.33. The van der Waals surface area contributed by atoms with Gasteiger partial charge in [0.1, 0.15) is 0 Å². The molecule has 2 unspecified atom stereocenters. The Morgan fingerprint density at radius 1 is 0.824 bits per heavy atom. The summed E-state index contributed by atoms with van der Waals surface area (Å²) in [4.78, 5) is 35.5. The number of hydrogen-bond acceptors (Lipinski definition) is 4. The monoisotopic (exact) mass is 479 g/mol. The molecule has 0 heterocycles. The second kappa shape index (κ2) is 13.9. The third kappa shape index (κ3) is 9.43. The van der Waals surface area contributed by atoms with Crippen molar-refractivity contribution in [2.75, 3.05) is 6.61 Å². The van der Waals surface area contributed by atoms with Crippen LogP contribution in [0.5, 0.6) is 0 Å². The van der Waals surface area contributed by atoms with Gasteiger partial charge < -0.3 is 25.8 Å². The average Bonchev–Trinajstić information content (AvgIpc) is 2.80. The lowest BCUT2D eigenvalue weighted by molar-refractivity contribution is -0.137. The highest BCUT2D eigenvalue weighted by Gasteiger charge is 2.28. The van der Waals surface area contributed by atoms with E-state index in [1.165, 1.54) is 19.3 Å². The molecule has 0 spiro atoms. The number of rotatable bonds is 10. The molecule has 3 rings (SSSR count). The fraction of sp³-hybridized carbons (Fsp3) is 0.885. The van der Waals surface area contributed by atoms with Gasteiger partial charge in [0.15, 0.2) is 0 Å². The van der Waals surface area contributed by atoms with Crippen LogP contribution in [0.1, 0.15) is 103 Å². The van der Waals surface area contributed by atoms with E-state index in [0.29, 0.717) is 37.3 Å². The van der Waals surface area contributed by atoms with Crippen molar-refractivity contribution in [3.63, 3.8) is 0 Å². The Morgan fingerprint density at radius 3 is 2.15 bits per heavy atom. The molecular formula is C26H45N3O5. The van der Waals surface area contributed by atoms with Crippen molar-refractivity contribution >= 4 is 17.9 Å². The van der Waals surface area contributed by atoms with Crippen LogP contribution in [0.3, 0.4) is 0 Å². The fourth-order valence-electron chi connectivity index (χ4n) is 5.83. The van der Waals surface area contributed by atoms with Gasteiger partial charge in [-0.15, -0.1) is 0 Å². The highest BCUT2D eigenvalue weighted by atomic mass is 16.5. The van der Waals surface area contributed by atoms with Crippen molar-refractivity contribution in [3.8, 4) is 0 Å². The van der Waals surface area contributed by atoms with Gasteiger partial charge in [0.05, 0.1) is 6.10 Å². The fourth-order valence-corrected chi connectivity index (χ4v) is 5.83. The van der Waals surface area contributed by atoms with Gasteiger partial charge in [-0.05, 0) is 82.5 Å². The van der Waals surface area contributed by atoms with Gasteiger partial charge in [-0.2, -0.15) is 0 Å². The maximum Gasteiger partial charge on any atom is 0.315 e. The van der Waals surface area contributed by atoms with Gasteiger partial charge in [-0.3, -0.25) is 9.59 Å². The van der Waals surface area contributed by atoms with Crippen molar-refractivity contribution in [2.45, 2.75) is 127 Å². The molecule has 3 aliphatic carbocycles. The first-order valence-electron chi connectivity index (χ1n) is 13.6. The molecular weight excluding hydrogens is 434 g/mol. The van der Waals surface area contributed by atoms with Gasteiger partial charge in [0.25, 0.3) is 0 Å². The largest absolute Gasteiger partial charge is 0.481 e. The third-order valence-corrected chi connectivity index (χ3v) is 8.01. The second-order valence-corrected chi connectivity index (χ2v) is 10.8. The lowest BCUT2D eigenvalue weighted by Crippen LogP contribution is -2.49. The SMILES string of the molecule is CC1CCCCC1NC(=O)NC1CCC(CC(=O)NC2CCC(OCCCC(=O)O)CC2)CC1. The highest BCUT2D eigenvalue weighted by molar-refractivity contribution is 5.76. The number of carboxylic acids is 1. The Hall–Kier alpha value is -1.83. The van der Waals surface area contributed by atoms with Crippen molar-refractivity contribution < 1.29 is 24.2 Å². The second-order valence-electron chi connectivity index (χ2n) is 10.8. The van der Waals surface area contributed by atoms with Crippen LogP contribution in [0.4, 0.5) is 4.79 Å². The van der Waals surface area contributed by atoms with Crippen molar-refractivity contribution in [1.29, 1.82) is 0 Å². The number of carbonyl (C=O) groups excluding carboxylic acids is 2. The van der Waals surface area contributed by atoms with Crippen LogP contribution in [0.15, 0.2) is 0 Å². The number of carbonyl (C=O) groups is 3. The zero-order valence-corrected chi connectivity index (χ0v) is 20.9. The summed E-state index contributed by atoms with van der Waals surface area (Å²) in [5, 5.41) is 18.2. The molecule has 0 aromatic heterocycles. The summed E-state index contributed by atoms with van der Waals surface area (Å²) >= 11 is 0. The Kier molecular flexibility index (Phi) is 10.9. The Morgan fingerprint density at radius 2 is 1.47 bits per heavy atom. The van der Waals surface area contributed by atoms with Crippen molar-refractivity contribution in [1.82, 2.24) is 16.0 Å². The van der Waals surface area contributed by atoms with E-state index in [1.54, 1.807) is 0 Å². The molecule has 3 fully saturated rings. The number of carboxylic acid groups (broad SMARTS) is 1. The summed E-state index contributed by atoms with van der Waals surface area (Å²) < 4.78 is 5.78. The molecule has 2 atom stereocenters. The number of aliphatic carboxylic acids is 1. The van der Waals surface area contributed by atoms with E-state index >= 15 is 0 Å². The molecule has 0 saturated heterocycles. The number of hydrogen-bond donors (Lipinski definition) is 4. The Balaban J connectivity index is 1.24. The first-order chi connectivity index (χ1) is 16.4. The normalized spacial score (nSPS) is 31.9. The van der Waals surface area contributed by atoms with Crippen molar-refractivity contribution in [2.24, 2.45) is 11.8 Å². The molecule has 3 saturated carbocycles. The van der Waals surface area contributed by atoms with Crippen LogP contribution in [-0.4, -0.2) is 53.9 Å². The van der Waals surface area contributed by atoms with E-state index in [2.05, 4.69) is 22.9 Å². The Bertz CT molecular complexity index is 657. The summed E-state index contributed by atoms with van der Waals surface area (Å²) in [6.45, 7) is 2.72. The van der Waals surface area contributed by atoms with Crippen molar-refractivity contribution in [3.05, 3.63) is 0 Å². The van der Waals surface area contributed by atoms with E-state index in [9.17, 15) is 14.4 Å². The third-order valence-electron chi connectivity index (χ3n) is 8.01. The van der Waals surface area contributed by atoms with E-state index in [0.717, 1.165) is 57.8 Å². The quantitative estimate of drug-likeness (QED) is 0.352. The standard InChI is InChI=1S/C26H45N3O5/c1-18-5-2-3-6-23(18)29-26(33)28-21-10-8-19(9-11-21)17-24(30)27-20-12-14-22(15-13-20)34-16-4-7-25(31)32/h18-23H,2-17H2,1H3,(H,27,30)(H,31,32)(H2,28,29,33). The molecule has 194 valence electrons. The molecule has 34 heavy (non-hydrogen) atoms. The molecule has 8 heteroatoms. The summed E-state index contributed by atoms with van der Waals surface area (Å²) in [5.74, 6) is 0.314. The van der Waals surface area contributed by atoms with Gasteiger partial charge in [0.2, 0.25) is 5.91 Å². The Labute approximate surface area is 204 Å². The molecule has 3 aliphatic rings. The minimum absolute atomic E-state index is 0.0265. The van der Waals surface area contributed by atoms with E-state index in [-0.39, 0.29) is 36.5 Å². The number of amides is 3. The summed E-state index contributed by atoms with van der Waals surface area (Å²) in [6.07, 6.45) is 13.7. The van der Waals surface area contributed by atoms with Crippen LogP contribution in [0.2, 0.25) is 0 Å². The van der Waals surface area contributed by atoms with Gasteiger partial charge in [-0.1, -0.05) is 19.8 Å². The molecule has 3 amide bonds. The minimum atomic E-state index is -0.783. The molecule has 0 radical (unpaired) electrons. The van der Waals surface area contributed by atoms with Crippen LogP contribution >= 0.6 is 0 Å². The molecule has 8 nitrogen and oxygen atoms in total. The van der Waals surface area contributed by atoms with E-state index in [1.807, 2.05) is 0 Å². The van der Waals surface area contributed by atoms with E-state index < -0.39 is 5.97 Å². The van der Waals surface area contributed by atoms with Crippen LogP contribution in [-0.2, 0) is 14.3 Å². The zero-order chi connectivity index (χ0) is 24.3. The predicted octanol–water partition coefficient (Wildman–Crippen LogP) is 4.12. The van der Waals surface area contributed by atoms with Gasteiger partial charge in [-0.25, -0.2) is 4.79 Å². The molecule has 0 aromatic rings. The summed E-state index contributed by atoms with van der Waals surface area (Å²) in [6, 6.07) is 0.702. The first-order valence-corrected chi connectivity index (χ1v) is 13.6. The molecule has 0 bridgehead atoms. The van der Waals surface area contributed by atoms with Gasteiger partial charge in [0, 0.05) is 37.6 Å². The maximum absolute atomic E-state index is 12.6. The number of urea groups is 1. The highest BCUT2D eigenvalue weighted by Crippen LogP contribution is 2.28. The van der Waals surface area contributed by atoms with Crippen LogP contribution in [0.25, 0.3) is 0 Å². The number of nitrogens with one attached hydrogen (secondary N) is 3.